The van der Waals surface area contributed by atoms with Gasteiger partial charge in [0.15, 0.2) is 17.5 Å². The number of rotatable bonds is 6. The molecule has 6 heteroatoms. The fraction of sp³-hybridized carbons (Fsp3) is 0. The van der Waals surface area contributed by atoms with Crippen LogP contribution in [0.4, 0.5) is 0 Å². The second kappa shape index (κ2) is 14.2. The van der Waals surface area contributed by atoms with Crippen molar-refractivity contribution >= 4 is 75.1 Å². The van der Waals surface area contributed by atoms with E-state index in [1.807, 2.05) is 36.4 Å². The van der Waals surface area contributed by atoms with Gasteiger partial charge in [-0.05, 0) is 59.7 Å². The fourth-order valence-electron chi connectivity index (χ4n) is 9.58. The lowest BCUT2D eigenvalue weighted by atomic mass is 10.0. The number of aromatic nitrogens is 5. The first-order valence-electron chi connectivity index (χ1n) is 21.2. The van der Waals surface area contributed by atoms with Gasteiger partial charge in [-0.25, -0.2) is 15.0 Å². The van der Waals surface area contributed by atoms with Crippen LogP contribution in [0.3, 0.4) is 0 Å². The monoisotopic (exact) mass is 821 g/mol. The Morgan fingerprint density at radius 3 is 1.65 bits per heavy atom. The smallest absolute Gasteiger partial charge is 0.165 e. The van der Waals surface area contributed by atoms with Crippen molar-refractivity contribution in [1.29, 1.82) is 0 Å². The Morgan fingerprint density at radius 2 is 0.921 bits per heavy atom. The van der Waals surface area contributed by atoms with E-state index in [9.17, 15) is 0 Å². The van der Waals surface area contributed by atoms with Gasteiger partial charge in [0.2, 0.25) is 0 Å². The highest BCUT2D eigenvalue weighted by Gasteiger charge is 2.24. The van der Waals surface area contributed by atoms with Gasteiger partial charge in [-0.1, -0.05) is 164 Å². The van der Waals surface area contributed by atoms with Gasteiger partial charge in [-0.2, -0.15) is 0 Å². The lowest BCUT2D eigenvalue weighted by Crippen LogP contribution is -2.00. The number of fused-ring (bicyclic) bond motifs is 10. The van der Waals surface area contributed by atoms with Crippen LogP contribution in [0.2, 0.25) is 0 Å². The normalized spacial score (nSPS) is 11.8. The summed E-state index contributed by atoms with van der Waals surface area (Å²) in [6.45, 7) is 0. The first-order valence-corrected chi connectivity index (χ1v) is 22.0. The van der Waals surface area contributed by atoms with E-state index in [4.69, 9.17) is 15.0 Å². The first-order chi connectivity index (χ1) is 31.3. The molecule has 0 aliphatic heterocycles. The maximum absolute atomic E-state index is 5.17. The molecular formula is C57H35N5S. The van der Waals surface area contributed by atoms with E-state index in [1.165, 1.54) is 64.7 Å². The molecule has 0 aliphatic carbocycles. The fourth-order valence-corrected chi connectivity index (χ4v) is 10.8. The Balaban J connectivity index is 1.10. The molecule has 0 saturated heterocycles. The Hall–Kier alpha value is -8.19. The van der Waals surface area contributed by atoms with Gasteiger partial charge in [0, 0.05) is 64.1 Å². The van der Waals surface area contributed by atoms with E-state index in [0.717, 1.165) is 38.3 Å². The zero-order chi connectivity index (χ0) is 41.4. The molecule has 0 aliphatic rings. The molecule has 0 radical (unpaired) electrons. The predicted octanol–water partition coefficient (Wildman–Crippen LogP) is 15.1. The summed E-state index contributed by atoms with van der Waals surface area (Å²) >= 11 is 1.80. The molecule has 0 N–H and O–H groups in total. The number of nitrogens with zero attached hydrogens (tertiary/aromatic N) is 5. The minimum absolute atomic E-state index is 0.651. The minimum Gasteiger partial charge on any atom is -0.307 e. The zero-order valence-corrected chi connectivity index (χ0v) is 34.7. The van der Waals surface area contributed by atoms with Crippen LogP contribution in [-0.2, 0) is 0 Å². The van der Waals surface area contributed by atoms with Gasteiger partial charge in [0.25, 0.3) is 0 Å². The third-order valence-electron chi connectivity index (χ3n) is 12.4. The van der Waals surface area contributed by atoms with Crippen LogP contribution >= 0.6 is 11.3 Å². The number of hydrogen-bond acceptors (Lipinski definition) is 4. The molecule has 0 fully saturated rings. The summed E-state index contributed by atoms with van der Waals surface area (Å²) in [5, 5.41) is 7.26. The molecule has 0 saturated carbocycles. The van der Waals surface area contributed by atoms with Crippen LogP contribution in [0.1, 0.15) is 0 Å². The van der Waals surface area contributed by atoms with Crippen molar-refractivity contribution in [3.05, 3.63) is 212 Å². The van der Waals surface area contributed by atoms with Crippen molar-refractivity contribution < 1.29 is 0 Å². The summed E-state index contributed by atoms with van der Waals surface area (Å²) in [6.07, 6.45) is 0. The minimum atomic E-state index is 0.651. The molecule has 0 unspecified atom stereocenters. The maximum Gasteiger partial charge on any atom is 0.165 e. The second-order valence-corrected chi connectivity index (χ2v) is 17.0. The Labute approximate surface area is 366 Å². The van der Waals surface area contributed by atoms with E-state index in [2.05, 4.69) is 185 Å². The summed E-state index contributed by atoms with van der Waals surface area (Å²) in [4.78, 5) is 15.3. The molecule has 5 nitrogen and oxygen atoms in total. The number of thiophene rings is 1. The van der Waals surface area contributed by atoms with Crippen molar-refractivity contribution in [2.75, 3.05) is 0 Å². The molecule has 13 aromatic rings. The van der Waals surface area contributed by atoms with Crippen LogP contribution in [0.25, 0.3) is 120 Å². The van der Waals surface area contributed by atoms with Crippen molar-refractivity contribution in [2.45, 2.75) is 0 Å². The summed E-state index contributed by atoms with van der Waals surface area (Å²) in [7, 11) is 0. The largest absolute Gasteiger partial charge is 0.307 e. The van der Waals surface area contributed by atoms with Crippen molar-refractivity contribution in [3.8, 4) is 56.7 Å². The van der Waals surface area contributed by atoms with Crippen LogP contribution in [0.5, 0.6) is 0 Å². The molecule has 63 heavy (non-hydrogen) atoms. The summed E-state index contributed by atoms with van der Waals surface area (Å²) in [6, 6.07) is 75.6. The quantitative estimate of drug-likeness (QED) is 0.168. The lowest BCUT2D eigenvalue weighted by Gasteiger charge is -2.15. The Morgan fingerprint density at radius 1 is 0.349 bits per heavy atom. The second-order valence-electron chi connectivity index (χ2n) is 16.0. The third-order valence-corrected chi connectivity index (χ3v) is 13.6. The molecular weight excluding hydrogens is 787 g/mol. The molecule has 4 aromatic heterocycles. The topological polar surface area (TPSA) is 48.5 Å². The first kappa shape index (κ1) is 35.6. The maximum atomic E-state index is 5.17. The van der Waals surface area contributed by atoms with E-state index >= 15 is 0 Å². The van der Waals surface area contributed by atoms with E-state index in [1.54, 1.807) is 11.3 Å². The van der Waals surface area contributed by atoms with Crippen molar-refractivity contribution in [3.63, 3.8) is 0 Å². The van der Waals surface area contributed by atoms with Gasteiger partial charge in [0.1, 0.15) is 0 Å². The van der Waals surface area contributed by atoms with Gasteiger partial charge in [-0.3, -0.25) is 0 Å². The highest BCUT2D eigenvalue weighted by molar-refractivity contribution is 7.26. The summed E-state index contributed by atoms with van der Waals surface area (Å²) in [5.41, 5.74) is 12.2. The molecule has 0 amide bonds. The number of para-hydroxylation sites is 3. The zero-order valence-electron chi connectivity index (χ0n) is 33.9. The average Bonchev–Trinajstić information content (AvgIpc) is 4.02. The molecule has 4 heterocycles. The van der Waals surface area contributed by atoms with E-state index in [-0.39, 0.29) is 0 Å². The standard InChI is InChI=1S/C57H35N5S/c1-5-17-36(18-6-1)39-31-33-48-46(35-39)41-25-13-14-29-47(41)62(48)49-30-16-26-42-43-32-34-50-51(53(43)61(52(42)49)40-23-11-4-12-24-40)44-27-15-28-45(54(44)63-50)57-59-55(37-19-7-2-8-20-37)58-56(60-57)38-21-9-3-10-22-38/h1-35H. The van der Waals surface area contributed by atoms with E-state index in [0.29, 0.717) is 17.5 Å². The third kappa shape index (κ3) is 5.59. The van der Waals surface area contributed by atoms with Crippen molar-refractivity contribution in [1.82, 2.24) is 24.1 Å². The van der Waals surface area contributed by atoms with Crippen LogP contribution in [0, 0.1) is 0 Å². The lowest BCUT2D eigenvalue weighted by molar-refractivity contribution is 1.08. The SMILES string of the molecule is c1ccc(-c2ccc3c(c2)c2ccccc2n3-c2cccc3c4ccc5sc6c(-c7nc(-c8ccccc8)nc(-c8ccccc8)n7)cccc6c5c4n(-c4ccccc4)c23)cc1. The summed E-state index contributed by atoms with van der Waals surface area (Å²) in [5.74, 6) is 1.96. The Bertz CT molecular complexity index is 3830. The summed E-state index contributed by atoms with van der Waals surface area (Å²) < 4.78 is 7.32. The Kier molecular flexibility index (Phi) is 8.01. The van der Waals surface area contributed by atoms with Crippen LogP contribution in [-0.4, -0.2) is 24.1 Å². The van der Waals surface area contributed by atoms with E-state index < -0.39 is 0 Å². The van der Waals surface area contributed by atoms with Gasteiger partial charge >= 0.3 is 0 Å². The van der Waals surface area contributed by atoms with Gasteiger partial charge in [0.05, 0.1) is 27.8 Å². The highest BCUT2D eigenvalue weighted by Crippen LogP contribution is 2.47. The number of hydrogen-bond donors (Lipinski definition) is 0. The average molecular weight is 822 g/mol. The molecule has 0 bridgehead atoms. The number of benzene rings is 9. The van der Waals surface area contributed by atoms with Gasteiger partial charge < -0.3 is 9.13 Å². The van der Waals surface area contributed by atoms with Crippen molar-refractivity contribution in [2.24, 2.45) is 0 Å². The van der Waals surface area contributed by atoms with Crippen LogP contribution in [0.15, 0.2) is 212 Å². The molecule has 0 atom stereocenters. The molecule has 294 valence electrons. The molecule has 13 rings (SSSR count). The highest BCUT2D eigenvalue weighted by atomic mass is 32.1. The van der Waals surface area contributed by atoms with Gasteiger partial charge in [-0.15, -0.1) is 11.3 Å². The molecule has 0 spiro atoms. The molecule has 9 aromatic carbocycles. The predicted molar refractivity (Wildman–Crippen MR) is 263 cm³/mol. The van der Waals surface area contributed by atoms with Crippen LogP contribution < -0.4 is 0 Å².